The number of rotatable bonds is 6. The van der Waals surface area contributed by atoms with E-state index in [4.69, 9.17) is 11.6 Å². The molecule has 0 N–H and O–H groups in total. The van der Waals surface area contributed by atoms with Gasteiger partial charge in [-0.05, 0) is 44.2 Å². The molecule has 0 atom stereocenters. The third kappa shape index (κ3) is 4.83. The average molecular weight is 455 g/mol. The first-order valence-electron chi connectivity index (χ1n) is 9.70. The van der Waals surface area contributed by atoms with Gasteiger partial charge in [0.2, 0.25) is 10.0 Å². The summed E-state index contributed by atoms with van der Waals surface area (Å²) < 4.78 is 28.7. The number of carbonyl (C=O) groups excluding carboxylic acids is 1. The van der Waals surface area contributed by atoms with Gasteiger partial charge in [0.15, 0.2) is 5.69 Å². The topological polar surface area (TPSA) is 91.6 Å². The molecule has 1 aromatic carbocycles. The predicted octanol–water partition coefficient (Wildman–Crippen LogP) is 1.26. The van der Waals surface area contributed by atoms with E-state index in [2.05, 4.69) is 15.2 Å². The zero-order valence-electron chi connectivity index (χ0n) is 17.7. The molecular formula is C19H27ClN6O3S. The summed E-state index contributed by atoms with van der Waals surface area (Å²) in [5.41, 5.74) is 1.57. The number of hydrogen-bond acceptors (Lipinski definition) is 6. The number of aryl methyl sites for hydroxylation is 2. The molecule has 1 amide bonds. The molecule has 1 aromatic heterocycles. The number of amides is 1. The first-order chi connectivity index (χ1) is 14.1. The minimum Gasteiger partial charge on any atom is -0.335 e. The highest BCUT2D eigenvalue weighted by atomic mass is 35.5. The highest BCUT2D eigenvalue weighted by Crippen LogP contribution is 2.25. The van der Waals surface area contributed by atoms with Crippen LogP contribution in [0.3, 0.4) is 0 Å². The van der Waals surface area contributed by atoms with Crippen molar-refractivity contribution in [2.45, 2.75) is 25.3 Å². The van der Waals surface area contributed by atoms with Gasteiger partial charge in [0.05, 0.1) is 17.6 Å². The van der Waals surface area contributed by atoms with Crippen molar-refractivity contribution in [3.8, 4) is 0 Å². The van der Waals surface area contributed by atoms with Gasteiger partial charge in [-0.15, -0.1) is 5.10 Å². The number of carbonyl (C=O) groups is 1. The summed E-state index contributed by atoms with van der Waals surface area (Å²) in [5, 5.41) is 8.49. The van der Waals surface area contributed by atoms with Crippen LogP contribution < -0.4 is 0 Å². The molecule has 9 nitrogen and oxygen atoms in total. The van der Waals surface area contributed by atoms with Gasteiger partial charge in [-0.2, -0.15) is 4.31 Å². The Morgan fingerprint density at radius 2 is 1.83 bits per heavy atom. The summed E-state index contributed by atoms with van der Waals surface area (Å²) in [6.45, 7) is 6.93. The first kappa shape index (κ1) is 22.7. The van der Waals surface area contributed by atoms with Crippen LogP contribution in [0.25, 0.3) is 0 Å². The lowest BCUT2D eigenvalue weighted by Crippen LogP contribution is -2.47. The molecule has 0 aliphatic carbocycles. The molecule has 30 heavy (non-hydrogen) atoms. The predicted molar refractivity (Wildman–Crippen MR) is 114 cm³/mol. The van der Waals surface area contributed by atoms with Gasteiger partial charge in [-0.3, -0.25) is 9.48 Å². The molecule has 3 rings (SSSR count). The molecule has 0 saturated carbocycles. The second-order valence-corrected chi connectivity index (χ2v) is 10.1. The third-order valence-electron chi connectivity index (χ3n) is 5.34. The minimum atomic E-state index is -3.68. The van der Waals surface area contributed by atoms with E-state index in [1.807, 2.05) is 7.05 Å². The van der Waals surface area contributed by atoms with Crippen LogP contribution >= 0.6 is 11.6 Å². The Morgan fingerprint density at radius 1 is 1.17 bits per heavy atom. The molecule has 0 bridgehead atoms. The van der Waals surface area contributed by atoms with Crippen LogP contribution in [0.4, 0.5) is 0 Å². The van der Waals surface area contributed by atoms with Crippen LogP contribution in [0.15, 0.2) is 23.2 Å². The largest absolute Gasteiger partial charge is 0.335 e. The number of likely N-dealkylation sites (N-methyl/N-ethyl adjacent to an activating group) is 2. The van der Waals surface area contributed by atoms with Gasteiger partial charge in [0, 0.05) is 44.8 Å². The van der Waals surface area contributed by atoms with Gasteiger partial charge in [0.25, 0.3) is 5.91 Å². The molecule has 0 unspecified atom stereocenters. The van der Waals surface area contributed by atoms with Crippen molar-refractivity contribution in [3.05, 3.63) is 40.2 Å². The van der Waals surface area contributed by atoms with Gasteiger partial charge < -0.3 is 9.80 Å². The summed E-state index contributed by atoms with van der Waals surface area (Å²) in [6.07, 6.45) is 1.57. The van der Waals surface area contributed by atoms with Crippen LogP contribution in [0.1, 0.15) is 21.6 Å². The highest BCUT2D eigenvalue weighted by molar-refractivity contribution is 7.89. The Kier molecular flexibility index (Phi) is 6.81. The van der Waals surface area contributed by atoms with Crippen LogP contribution in [0, 0.1) is 13.8 Å². The fourth-order valence-electron chi connectivity index (χ4n) is 3.24. The van der Waals surface area contributed by atoms with Crippen molar-refractivity contribution in [1.82, 2.24) is 29.1 Å². The van der Waals surface area contributed by atoms with Crippen molar-refractivity contribution >= 4 is 27.5 Å². The fourth-order valence-corrected chi connectivity index (χ4v) is 4.91. The molecule has 0 radical (unpaired) electrons. The monoisotopic (exact) mass is 454 g/mol. The summed E-state index contributed by atoms with van der Waals surface area (Å²) in [6, 6.07) is 3.25. The summed E-state index contributed by atoms with van der Waals surface area (Å²) in [7, 11) is -0.135. The number of piperazine rings is 1. The van der Waals surface area contributed by atoms with Gasteiger partial charge in [-0.25, -0.2) is 8.42 Å². The van der Waals surface area contributed by atoms with Crippen LogP contribution in [0.2, 0.25) is 5.02 Å². The maximum absolute atomic E-state index is 13.0. The summed E-state index contributed by atoms with van der Waals surface area (Å²) >= 11 is 6.09. The normalized spacial score (nSPS) is 15.7. The molecule has 1 aliphatic heterocycles. The maximum Gasteiger partial charge on any atom is 0.276 e. The number of benzene rings is 1. The zero-order chi connectivity index (χ0) is 22.1. The van der Waals surface area contributed by atoms with Crippen LogP contribution in [-0.2, 0) is 16.6 Å². The Labute approximate surface area is 182 Å². The lowest BCUT2D eigenvalue weighted by Gasteiger charge is -2.31. The first-order valence-corrected chi connectivity index (χ1v) is 11.5. The Balaban J connectivity index is 1.64. The molecule has 2 aromatic rings. The molecule has 1 fully saturated rings. The molecule has 164 valence electrons. The molecule has 11 heteroatoms. The van der Waals surface area contributed by atoms with Crippen molar-refractivity contribution in [2.75, 3.05) is 46.8 Å². The second kappa shape index (κ2) is 9.01. The second-order valence-electron chi connectivity index (χ2n) is 7.66. The minimum absolute atomic E-state index is 0.150. The van der Waals surface area contributed by atoms with E-state index in [0.29, 0.717) is 29.2 Å². The number of sulfonamides is 1. The average Bonchev–Trinajstić information content (AvgIpc) is 3.17. The third-order valence-corrected chi connectivity index (χ3v) is 7.74. The number of aromatic nitrogens is 3. The number of hydrogen-bond donors (Lipinski definition) is 0. The SMILES string of the molecule is Cc1cc(S(=O)(=O)N(C)CCn2cc(C(=O)N3CCN(C)CC3)nn2)c(C)cc1Cl. The van der Waals surface area contributed by atoms with Crippen molar-refractivity contribution in [3.63, 3.8) is 0 Å². The quantitative estimate of drug-likeness (QED) is 0.652. The molecule has 0 spiro atoms. The lowest BCUT2D eigenvalue weighted by molar-refractivity contribution is 0.0658. The van der Waals surface area contributed by atoms with Gasteiger partial charge >= 0.3 is 0 Å². The van der Waals surface area contributed by atoms with Crippen molar-refractivity contribution in [1.29, 1.82) is 0 Å². The van der Waals surface area contributed by atoms with Gasteiger partial charge in [0.1, 0.15) is 0 Å². The molecular weight excluding hydrogens is 428 g/mol. The van der Waals surface area contributed by atoms with E-state index in [1.165, 1.54) is 16.0 Å². The maximum atomic E-state index is 13.0. The number of nitrogens with zero attached hydrogens (tertiary/aromatic N) is 6. The summed E-state index contributed by atoms with van der Waals surface area (Å²) in [5.74, 6) is -0.150. The molecule has 1 saturated heterocycles. The van der Waals surface area contributed by atoms with Crippen molar-refractivity contribution in [2.24, 2.45) is 0 Å². The fraction of sp³-hybridized carbons (Fsp3) is 0.526. The Hall–Kier alpha value is -2.01. The van der Waals surface area contributed by atoms with Crippen molar-refractivity contribution < 1.29 is 13.2 Å². The molecule has 1 aliphatic rings. The lowest BCUT2D eigenvalue weighted by atomic mass is 10.2. The van der Waals surface area contributed by atoms with E-state index in [9.17, 15) is 13.2 Å². The van der Waals surface area contributed by atoms with E-state index >= 15 is 0 Å². The van der Waals surface area contributed by atoms with Crippen LogP contribution in [0.5, 0.6) is 0 Å². The summed E-state index contributed by atoms with van der Waals surface area (Å²) in [4.78, 5) is 16.7. The van der Waals surface area contributed by atoms with E-state index in [1.54, 1.807) is 37.1 Å². The molecule has 2 heterocycles. The van der Waals surface area contributed by atoms with Gasteiger partial charge in [-0.1, -0.05) is 16.8 Å². The van der Waals surface area contributed by atoms with E-state index in [-0.39, 0.29) is 29.6 Å². The van der Waals surface area contributed by atoms with E-state index < -0.39 is 10.0 Å². The Bertz CT molecular complexity index is 1030. The Morgan fingerprint density at radius 3 is 2.50 bits per heavy atom. The highest BCUT2D eigenvalue weighted by Gasteiger charge is 2.25. The number of halogens is 1. The smallest absolute Gasteiger partial charge is 0.276 e. The zero-order valence-corrected chi connectivity index (χ0v) is 19.2. The van der Waals surface area contributed by atoms with E-state index in [0.717, 1.165) is 13.1 Å². The standard InChI is InChI=1S/C19H27ClN6O3S/c1-14-12-18(15(2)11-16(14)20)30(28,29)24(4)7-10-26-13-17(21-22-26)19(27)25-8-5-23(3)6-9-25/h11-13H,5-10H2,1-4H3. The van der Waals surface area contributed by atoms with Crippen LogP contribution in [-0.4, -0.2) is 90.2 Å².